The summed E-state index contributed by atoms with van der Waals surface area (Å²) in [6.07, 6.45) is -2.96. The fourth-order valence-electron chi connectivity index (χ4n) is 9.45. The molecule has 0 aromatic heterocycles. The predicted molar refractivity (Wildman–Crippen MR) is 294 cm³/mol. The van der Waals surface area contributed by atoms with Crippen LogP contribution >= 0.6 is 45.4 Å². The zero-order valence-corrected chi connectivity index (χ0v) is 45.8. The quantitative estimate of drug-likeness (QED) is 0.0851. The number of halogens is 2. The minimum Gasteiger partial charge on any atom is -0.386 e. The second-order valence-electron chi connectivity index (χ2n) is 19.0. The molecule has 8 nitrogen and oxygen atoms in total. The molecule has 11 atom stereocenters. The van der Waals surface area contributed by atoms with Crippen molar-refractivity contribution in [3.05, 3.63) is 211 Å². The van der Waals surface area contributed by atoms with Gasteiger partial charge in [0.25, 0.3) is 0 Å². The van der Waals surface area contributed by atoms with E-state index in [1.165, 1.54) is 0 Å². The Morgan fingerprint density at radius 2 is 0.944 bits per heavy atom. The summed E-state index contributed by atoms with van der Waals surface area (Å²) in [5, 5.41) is 11.5. The lowest BCUT2D eigenvalue weighted by atomic mass is 9.79. The van der Waals surface area contributed by atoms with Crippen LogP contribution in [-0.2, 0) is 54.8 Å². The Balaban J connectivity index is 0.000000229. The van der Waals surface area contributed by atoms with Crippen molar-refractivity contribution in [2.75, 3.05) is 13.2 Å². The number of aliphatic hydroxyl groups excluding tert-OH is 1. The summed E-state index contributed by atoms with van der Waals surface area (Å²) in [4.78, 5) is 13.8. The van der Waals surface area contributed by atoms with Crippen molar-refractivity contribution < 1.29 is 38.3 Å². The molecular weight excluding hydrogens is 1040 g/mol. The van der Waals surface area contributed by atoms with Gasteiger partial charge in [0.15, 0.2) is 5.78 Å². The summed E-state index contributed by atoms with van der Waals surface area (Å²) in [6.45, 7) is 15.5. The number of ether oxygens (including phenoxy) is 6. The number of hydrogen-bond acceptors (Lipinski definition) is 8. The number of carbonyl (C=O) groups is 1. The highest BCUT2D eigenvalue weighted by Gasteiger charge is 2.47. The third-order valence-electron chi connectivity index (χ3n) is 14.1. The summed E-state index contributed by atoms with van der Waals surface area (Å²) in [5.74, 6) is 0.623. The third-order valence-corrected chi connectivity index (χ3v) is 15.1. The van der Waals surface area contributed by atoms with E-state index in [9.17, 15) is 9.90 Å². The molecule has 0 spiro atoms. The molecule has 0 aliphatic carbocycles. The van der Waals surface area contributed by atoms with Crippen molar-refractivity contribution in [2.24, 2.45) is 23.7 Å². The number of rotatable bonds is 18. The van der Waals surface area contributed by atoms with Crippen LogP contribution in [0, 0.1) is 37.5 Å². The Kier molecular flexibility index (Phi) is 22.1. The number of carbonyl (C=O) groups excluding carboxylic acids is 1. The molecule has 8 rings (SSSR count). The van der Waals surface area contributed by atoms with Gasteiger partial charge in [-0.3, -0.25) is 4.79 Å². The van der Waals surface area contributed by atoms with Crippen molar-refractivity contribution in [3.8, 4) is 0 Å². The number of aryl methyl sites for hydroxylation is 2. The first-order valence-corrected chi connectivity index (χ1v) is 26.1. The molecule has 2 saturated heterocycles. The van der Waals surface area contributed by atoms with Crippen LogP contribution in [0.25, 0.3) is 0 Å². The van der Waals surface area contributed by atoms with Gasteiger partial charge in [0.1, 0.15) is 18.3 Å². The van der Waals surface area contributed by atoms with Crippen LogP contribution < -0.4 is 0 Å². The van der Waals surface area contributed by atoms with Crippen molar-refractivity contribution in [2.45, 2.75) is 111 Å². The molecule has 0 radical (unpaired) electrons. The van der Waals surface area contributed by atoms with Crippen LogP contribution in [0.3, 0.4) is 0 Å². The number of hydrogen-bond donors (Lipinski definition) is 1. The summed E-state index contributed by atoms with van der Waals surface area (Å²) < 4.78 is 40.0. The van der Waals surface area contributed by atoms with Gasteiger partial charge >= 0.3 is 0 Å². The number of aliphatic hydroxyl groups is 1. The lowest BCUT2D eigenvalue weighted by Crippen LogP contribution is -2.54. The van der Waals surface area contributed by atoms with Crippen LogP contribution in [0.5, 0.6) is 0 Å². The summed E-state index contributed by atoms with van der Waals surface area (Å²) >= 11 is 7.02. The first-order chi connectivity index (χ1) is 33.9. The number of ketones is 1. The van der Waals surface area contributed by atoms with E-state index in [1.54, 1.807) is 0 Å². The minimum absolute atomic E-state index is 0. The molecule has 4 unspecified atom stereocenters. The molecule has 2 heterocycles. The van der Waals surface area contributed by atoms with E-state index in [2.05, 4.69) is 83.8 Å². The van der Waals surface area contributed by atoms with Crippen molar-refractivity contribution >= 4 is 51.1 Å². The SMILES string of the molecule is Cc1cc(Br)ccc1C(=O)[C@H]1OC(COCc2ccccc2)[C@@H](C)[C@H](C)C1OCc1ccccc1.Cc1cc(Br)ccc1[C@H](O)[C@H]1OC(COCc2ccccc2)[C@@H](C)[C@H](C)C1OCc1ccccc1.S. The fraction of sp³-hybridized carbons (Fsp3) is 0.383. The maximum atomic E-state index is 13.8. The predicted octanol–water partition coefficient (Wildman–Crippen LogP) is 13.5. The summed E-state index contributed by atoms with van der Waals surface area (Å²) in [5.41, 5.74) is 7.88. The summed E-state index contributed by atoms with van der Waals surface area (Å²) in [7, 11) is 0. The van der Waals surface area contributed by atoms with Gasteiger partial charge in [0, 0.05) is 14.5 Å². The van der Waals surface area contributed by atoms with Crippen molar-refractivity contribution in [3.63, 3.8) is 0 Å². The molecule has 1 N–H and O–H groups in total. The van der Waals surface area contributed by atoms with E-state index in [0.717, 1.165) is 47.9 Å². The average molecular weight is 1110 g/mol. The van der Waals surface area contributed by atoms with E-state index in [4.69, 9.17) is 28.4 Å². The molecule has 2 fully saturated rings. The van der Waals surface area contributed by atoms with Crippen LogP contribution in [0.1, 0.15) is 83.1 Å². The van der Waals surface area contributed by atoms with Gasteiger partial charge in [-0.05, 0) is 107 Å². The molecule has 6 aromatic rings. The minimum atomic E-state index is -0.810. The molecule has 0 saturated carbocycles. The molecule has 6 aromatic carbocycles. The molecule has 0 bridgehead atoms. The Morgan fingerprint density at radius 3 is 1.41 bits per heavy atom. The van der Waals surface area contributed by atoms with Crippen LogP contribution in [0.4, 0.5) is 0 Å². The first kappa shape index (κ1) is 56.3. The van der Waals surface area contributed by atoms with E-state index < -0.39 is 18.3 Å². The third kappa shape index (κ3) is 15.5. The molecule has 2 aliphatic rings. The van der Waals surface area contributed by atoms with Gasteiger partial charge in [-0.1, -0.05) is 187 Å². The largest absolute Gasteiger partial charge is 0.386 e. The zero-order valence-electron chi connectivity index (χ0n) is 41.7. The van der Waals surface area contributed by atoms with Crippen LogP contribution in [-0.4, -0.2) is 60.7 Å². The smallest absolute Gasteiger partial charge is 0.194 e. The molecule has 71 heavy (non-hydrogen) atoms. The number of benzene rings is 6. The standard InChI is InChI=1S/C30H35BrO4.C30H33BrO4.H2S/c2*1-20-16-25(31)14-15-26(20)28(32)30-29(34-18-24-12-8-5-9-13-24)22(3)21(2)27(35-30)19-33-17-23-10-6-4-7-11-23;/h4-16,21-22,27-30,32H,17-19H2,1-3H3;4-16,21-22,27,29-30H,17-19H2,1-3H3;1H2/t21-,22-,27?,28-,29?,30+;21-,22-,27?,29?,30+;/m00./s1. The second-order valence-corrected chi connectivity index (χ2v) is 20.8. The highest BCUT2D eigenvalue weighted by molar-refractivity contribution is 9.10. The van der Waals surface area contributed by atoms with Crippen LogP contribution in [0.2, 0.25) is 0 Å². The topological polar surface area (TPSA) is 92.7 Å². The van der Waals surface area contributed by atoms with Crippen molar-refractivity contribution in [1.29, 1.82) is 0 Å². The monoisotopic (exact) mass is 1110 g/mol. The molecular formula is C60H70Br2O8S. The average Bonchev–Trinajstić information content (AvgIpc) is 3.37. The zero-order chi connectivity index (χ0) is 49.6. The van der Waals surface area contributed by atoms with Gasteiger partial charge in [-0.25, -0.2) is 0 Å². The Labute approximate surface area is 445 Å². The van der Waals surface area contributed by atoms with Gasteiger partial charge in [-0.2, -0.15) is 13.5 Å². The highest BCUT2D eigenvalue weighted by Crippen LogP contribution is 2.40. The lowest BCUT2D eigenvalue weighted by Gasteiger charge is -2.46. The second kappa shape index (κ2) is 27.9. The Hall–Kier alpha value is -3.98. The first-order valence-electron chi connectivity index (χ1n) is 24.5. The maximum Gasteiger partial charge on any atom is 0.194 e. The van der Waals surface area contributed by atoms with Gasteiger partial charge in [0.2, 0.25) is 0 Å². The van der Waals surface area contributed by atoms with Gasteiger partial charge in [-0.15, -0.1) is 0 Å². The van der Waals surface area contributed by atoms with E-state index in [0.29, 0.717) is 45.2 Å². The van der Waals surface area contributed by atoms with Gasteiger partial charge in [0.05, 0.1) is 64.1 Å². The van der Waals surface area contributed by atoms with E-state index >= 15 is 0 Å². The Bertz CT molecular complexity index is 2510. The van der Waals surface area contributed by atoms with Gasteiger partial charge < -0.3 is 33.5 Å². The normalized spacial score (nSPS) is 24.5. The molecule has 11 heteroatoms. The van der Waals surface area contributed by atoms with Crippen molar-refractivity contribution in [1.82, 2.24) is 0 Å². The maximum absolute atomic E-state index is 13.8. The molecule has 378 valence electrons. The Morgan fingerprint density at radius 1 is 0.535 bits per heavy atom. The highest BCUT2D eigenvalue weighted by atomic mass is 79.9. The van der Waals surface area contributed by atoms with E-state index in [-0.39, 0.29) is 67.4 Å². The van der Waals surface area contributed by atoms with E-state index in [1.807, 2.05) is 147 Å². The fourth-order valence-corrected chi connectivity index (χ4v) is 10.4. The van der Waals surface area contributed by atoms with Crippen LogP contribution in [0.15, 0.2) is 167 Å². The number of Topliss-reactive ketones (excluding diaryl/α,β-unsaturated/α-hetero) is 1. The lowest BCUT2D eigenvalue weighted by molar-refractivity contribution is -0.230. The molecule has 0 amide bonds. The molecule has 2 aliphatic heterocycles. The summed E-state index contributed by atoms with van der Waals surface area (Å²) in [6, 6.07) is 52.1.